The lowest BCUT2D eigenvalue weighted by Crippen LogP contribution is -2.23. The number of halogens is 1. The first-order valence-electron chi connectivity index (χ1n) is 8.09. The number of aromatic nitrogens is 5. The Morgan fingerprint density at radius 2 is 2.00 bits per heavy atom. The van der Waals surface area contributed by atoms with Gasteiger partial charge in [0.15, 0.2) is 0 Å². The Balaban J connectivity index is 1.48. The average molecular weight is 357 g/mol. The van der Waals surface area contributed by atoms with Crippen LogP contribution in [0.3, 0.4) is 0 Å². The van der Waals surface area contributed by atoms with Gasteiger partial charge in [0.25, 0.3) is 5.95 Å². The molecule has 25 heavy (non-hydrogen) atoms. The monoisotopic (exact) mass is 356 g/mol. The molecule has 1 aliphatic rings. The molecule has 0 bridgehead atoms. The van der Waals surface area contributed by atoms with Crippen LogP contribution in [-0.2, 0) is 6.54 Å². The summed E-state index contributed by atoms with van der Waals surface area (Å²) in [6, 6.07) is 7.49. The van der Waals surface area contributed by atoms with E-state index in [1.807, 2.05) is 12.1 Å². The molecule has 1 aliphatic carbocycles. The quantitative estimate of drug-likeness (QED) is 0.659. The highest BCUT2D eigenvalue weighted by Gasteiger charge is 2.25. The van der Waals surface area contributed by atoms with Crippen LogP contribution in [0.1, 0.15) is 41.9 Å². The molecule has 7 nitrogen and oxygen atoms in total. The zero-order chi connectivity index (χ0) is 17.2. The van der Waals surface area contributed by atoms with Crippen LogP contribution in [0.2, 0.25) is 5.02 Å². The van der Waals surface area contributed by atoms with Crippen molar-refractivity contribution in [1.29, 1.82) is 0 Å². The van der Waals surface area contributed by atoms with E-state index in [0.717, 1.165) is 5.56 Å². The standard InChI is InChI=1S/C17H17ClN6O/c18-14-7-12(11-2-3-11)6-13(8-14)16(25)21-9-15-22-10-23-24(15)17-19-4-1-5-20-17/h1,4-8,10-11,16,21,25H,2-3,9H2. The van der Waals surface area contributed by atoms with Gasteiger partial charge in [0.05, 0.1) is 6.54 Å². The highest BCUT2D eigenvalue weighted by atomic mass is 35.5. The zero-order valence-corrected chi connectivity index (χ0v) is 14.1. The Morgan fingerprint density at radius 3 is 2.76 bits per heavy atom. The molecule has 2 N–H and O–H groups in total. The Kier molecular flexibility index (Phi) is 4.44. The molecule has 1 aromatic carbocycles. The van der Waals surface area contributed by atoms with Gasteiger partial charge in [-0.1, -0.05) is 17.7 Å². The number of benzene rings is 1. The maximum atomic E-state index is 10.5. The molecule has 3 aromatic rings. The molecule has 128 valence electrons. The summed E-state index contributed by atoms with van der Waals surface area (Å²) in [6.45, 7) is 0.310. The molecule has 0 radical (unpaired) electrons. The predicted molar refractivity (Wildman–Crippen MR) is 92.2 cm³/mol. The molecule has 1 fully saturated rings. The molecule has 0 aliphatic heterocycles. The van der Waals surface area contributed by atoms with Gasteiger partial charge in [0.1, 0.15) is 18.4 Å². The van der Waals surface area contributed by atoms with E-state index in [2.05, 4.69) is 25.4 Å². The zero-order valence-electron chi connectivity index (χ0n) is 13.4. The van der Waals surface area contributed by atoms with Crippen molar-refractivity contribution in [2.24, 2.45) is 0 Å². The lowest BCUT2D eigenvalue weighted by atomic mass is 10.1. The van der Waals surface area contributed by atoms with E-state index in [1.54, 1.807) is 24.5 Å². The van der Waals surface area contributed by atoms with E-state index in [1.165, 1.54) is 29.4 Å². The van der Waals surface area contributed by atoms with Crippen LogP contribution in [0.15, 0.2) is 43.0 Å². The van der Waals surface area contributed by atoms with Crippen molar-refractivity contribution in [3.63, 3.8) is 0 Å². The van der Waals surface area contributed by atoms with Gasteiger partial charge in [0.2, 0.25) is 0 Å². The van der Waals surface area contributed by atoms with E-state index in [0.29, 0.717) is 29.3 Å². The first-order valence-corrected chi connectivity index (χ1v) is 8.46. The fourth-order valence-corrected chi connectivity index (χ4v) is 2.96. The highest BCUT2D eigenvalue weighted by molar-refractivity contribution is 6.30. The maximum absolute atomic E-state index is 10.5. The molecular weight excluding hydrogens is 340 g/mol. The number of aliphatic hydroxyl groups excluding tert-OH is 1. The van der Waals surface area contributed by atoms with Crippen molar-refractivity contribution in [2.75, 3.05) is 0 Å². The summed E-state index contributed by atoms with van der Waals surface area (Å²) in [5.41, 5.74) is 1.93. The van der Waals surface area contributed by atoms with Gasteiger partial charge in [-0.15, -0.1) is 0 Å². The highest BCUT2D eigenvalue weighted by Crippen LogP contribution is 2.41. The van der Waals surface area contributed by atoms with Gasteiger partial charge in [0, 0.05) is 17.4 Å². The molecule has 2 aromatic heterocycles. The van der Waals surface area contributed by atoms with Gasteiger partial charge in [-0.25, -0.2) is 15.0 Å². The summed E-state index contributed by atoms with van der Waals surface area (Å²) in [7, 11) is 0. The van der Waals surface area contributed by atoms with Crippen molar-refractivity contribution in [1.82, 2.24) is 30.0 Å². The third-order valence-corrected chi connectivity index (χ3v) is 4.34. The number of nitrogens with zero attached hydrogens (tertiary/aromatic N) is 5. The molecule has 0 spiro atoms. The predicted octanol–water partition coefficient (Wildman–Crippen LogP) is 2.37. The molecule has 1 atom stereocenters. The fraction of sp³-hybridized carbons (Fsp3) is 0.294. The van der Waals surface area contributed by atoms with Crippen molar-refractivity contribution < 1.29 is 5.11 Å². The third-order valence-electron chi connectivity index (χ3n) is 4.12. The number of hydrogen-bond acceptors (Lipinski definition) is 6. The Morgan fingerprint density at radius 1 is 1.20 bits per heavy atom. The van der Waals surface area contributed by atoms with Crippen LogP contribution in [0, 0.1) is 0 Å². The Bertz CT molecular complexity index is 865. The van der Waals surface area contributed by atoms with Gasteiger partial charge in [-0.2, -0.15) is 9.78 Å². The van der Waals surface area contributed by atoms with Gasteiger partial charge in [-0.05, 0) is 48.1 Å². The minimum absolute atomic E-state index is 0.310. The van der Waals surface area contributed by atoms with E-state index in [-0.39, 0.29) is 0 Å². The summed E-state index contributed by atoms with van der Waals surface area (Å²) in [5.74, 6) is 1.61. The largest absolute Gasteiger partial charge is 0.374 e. The summed E-state index contributed by atoms with van der Waals surface area (Å²) < 4.78 is 1.54. The first kappa shape index (κ1) is 16.1. The van der Waals surface area contributed by atoms with E-state index in [4.69, 9.17) is 11.6 Å². The second-order valence-electron chi connectivity index (χ2n) is 6.01. The molecular formula is C17H17ClN6O. The number of rotatable bonds is 6. The molecule has 1 unspecified atom stereocenters. The summed E-state index contributed by atoms with van der Waals surface area (Å²) >= 11 is 6.19. The lowest BCUT2D eigenvalue weighted by molar-refractivity contribution is 0.135. The van der Waals surface area contributed by atoms with E-state index in [9.17, 15) is 5.11 Å². The lowest BCUT2D eigenvalue weighted by Gasteiger charge is -2.15. The third kappa shape index (κ3) is 3.68. The van der Waals surface area contributed by atoms with Gasteiger partial charge >= 0.3 is 0 Å². The Labute approximate surface area is 149 Å². The van der Waals surface area contributed by atoms with Crippen LogP contribution in [-0.4, -0.2) is 29.8 Å². The Hall–Kier alpha value is -2.35. The van der Waals surface area contributed by atoms with Crippen LogP contribution in [0.25, 0.3) is 5.95 Å². The molecule has 2 heterocycles. The normalized spacial score (nSPS) is 15.3. The van der Waals surface area contributed by atoms with Gasteiger partial charge < -0.3 is 5.11 Å². The number of aliphatic hydroxyl groups is 1. The topological polar surface area (TPSA) is 88.8 Å². The minimum Gasteiger partial charge on any atom is -0.374 e. The molecule has 8 heteroatoms. The first-order chi connectivity index (χ1) is 12.2. The molecule has 1 saturated carbocycles. The molecule has 4 rings (SSSR count). The number of hydrogen-bond donors (Lipinski definition) is 2. The van der Waals surface area contributed by atoms with Crippen LogP contribution in [0.4, 0.5) is 0 Å². The summed E-state index contributed by atoms with van der Waals surface area (Å²) in [6.07, 6.45) is 6.23. The SMILES string of the molecule is OC(NCc1ncnn1-c1ncccn1)c1cc(Cl)cc(C2CC2)c1. The number of nitrogens with one attached hydrogen (secondary N) is 1. The molecule has 0 saturated heterocycles. The second kappa shape index (κ2) is 6.87. The summed E-state index contributed by atoms with van der Waals surface area (Å²) in [4.78, 5) is 12.5. The van der Waals surface area contributed by atoms with Crippen molar-refractivity contribution in [2.45, 2.75) is 31.5 Å². The smallest absolute Gasteiger partial charge is 0.252 e. The van der Waals surface area contributed by atoms with Gasteiger partial charge in [-0.3, -0.25) is 5.32 Å². The second-order valence-corrected chi connectivity index (χ2v) is 6.45. The van der Waals surface area contributed by atoms with Crippen molar-refractivity contribution in [3.8, 4) is 5.95 Å². The van der Waals surface area contributed by atoms with E-state index < -0.39 is 6.23 Å². The van der Waals surface area contributed by atoms with E-state index >= 15 is 0 Å². The molecule has 0 amide bonds. The maximum Gasteiger partial charge on any atom is 0.252 e. The minimum atomic E-state index is -0.849. The van der Waals surface area contributed by atoms with Crippen molar-refractivity contribution in [3.05, 3.63) is 65.0 Å². The summed E-state index contributed by atoms with van der Waals surface area (Å²) in [5, 5.41) is 18.3. The fourth-order valence-electron chi connectivity index (χ4n) is 2.71. The average Bonchev–Trinajstić information content (AvgIpc) is 3.38. The van der Waals surface area contributed by atoms with Crippen molar-refractivity contribution >= 4 is 11.6 Å². The van der Waals surface area contributed by atoms with Crippen LogP contribution in [0.5, 0.6) is 0 Å². The van der Waals surface area contributed by atoms with Crippen LogP contribution >= 0.6 is 11.6 Å². The van der Waals surface area contributed by atoms with Crippen LogP contribution < -0.4 is 5.32 Å².